The molecule has 0 fully saturated rings. The van der Waals surface area contributed by atoms with Crippen LogP contribution in [0, 0.1) is 0 Å². The highest BCUT2D eigenvalue weighted by Crippen LogP contribution is 1.87. The number of rotatable bonds is 3. The van der Waals surface area contributed by atoms with Gasteiger partial charge in [0, 0.05) is 12.5 Å². The van der Waals surface area contributed by atoms with E-state index in [-0.39, 0.29) is 5.91 Å². The smallest absolute Gasteiger partial charge is 0.219 e. The van der Waals surface area contributed by atoms with Gasteiger partial charge in [-0.25, -0.2) is 0 Å². The summed E-state index contributed by atoms with van der Waals surface area (Å²) in [5, 5.41) is 2.84. The lowest BCUT2D eigenvalue weighted by molar-refractivity contribution is -0.121. The summed E-state index contributed by atoms with van der Waals surface area (Å²) in [7, 11) is 0. The number of hydrogen-bond acceptors (Lipinski definition) is 1. The van der Waals surface area contributed by atoms with Crippen LogP contribution in [0.15, 0.2) is 0 Å². The van der Waals surface area contributed by atoms with Gasteiger partial charge in [0.1, 0.15) is 0 Å². The second-order valence-corrected chi connectivity index (χ2v) is 2.23. The fourth-order valence-electron chi connectivity index (χ4n) is 0.479. The van der Waals surface area contributed by atoms with E-state index in [9.17, 15) is 4.79 Å². The Hall–Kier alpha value is -0.530. The Morgan fingerprint density at radius 3 is 2.44 bits per heavy atom. The van der Waals surface area contributed by atoms with Crippen molar-refractivity contribution in [3.8, 4) is 0 Å². The van der Waals surface area contributed by atoms with Gasteiger partial charge in [0.15, 0.2) is 0 Å². The Morgan fingerprint density at radius 2 is 2.11 bits per heavy atom. The molecule has 0 spiro atoms. The van der Waals surface area contributed by atoms with Crippen LogP contribution in [-0.4, -0.2) is 11.9 Å². The van der Waals surface area contributed by atoms with E-state index in [1.165, 1.54) is 0 Å². The summed E-state index contributed by atoms with van der Waals surface area (Å²) >= 11 is 0. The molecular weight excluding hydrogens is 114 g/mol. The lowest BCUT2D eigenvalue weighted by Gasteiger charge is -2.08. The highest BCUT2D eigenvalue weighted by Gasteiger charge is 2.00. The summed E-state index contributed by atoms with van der Waals surface area (Å²) in [6, 6.07) is 0.331. The molecule has 0 rings (SSSR count). The lowest BCUT2D eigenvalue weighted by Crippen LogP contribution is -2.31. The van der Waals surface area contributed by atoms with E-state index < -0.39 is 0 Å². The lowest BCUT2D eigenvalue weighted by atomic mass is 10.2. The molecule has 1 N–H and O–H groups in total. The minimum Gasteiger partial charge on any atom is -0.354 e. The standard InChI is InChI=1S/C7H15NO/c1-4-6(3)8-7(9)5-2/h6H,4-5H2,1-3H3,(H,8,9). The van der Waals surface area contributed by atoms with Crippen molar-refractivity contribution in [3.63, 3.8) is 0 Å². The molecule has 1 atom stereocenters. The summed E-state index contributed by atoms with van der Waals surface area (Å²) < 4.78 is 0. The highest BCUT2D eigenvalue weighted by molar-refractivity contribution is 5.75. The van der Waals surface area contributed by atoms with Crippen LogP contribution in [0.25, 0.3) is 0 Å². The Morgan fingerprint density at radius 1 is 1.56 bits per heavy atom. The van der Waals surface area contributed by atoms with E-state index in [2.05, 4.69) is 12.2 Å². The third kappa shape index (κ3) is 4.01. The first-order valence-corrected chi connectivity index (χ1v) is 3.50. The monoisotopic (exact) mass is 129 g/mol. The van der Waals surface area contributed by atoms with Crippen molar-refractivity contribution < 1.29 is 4.79 Å². The van der Waals surface area contributed by atoms with Crippen LogP contribution >= 0.6 is 0 Å². The Balaban J connectivity index is 3.34. The molecule has 1 amide bonds. The summed E-state index contributed by atoms with van der Waals surface area (Å²) in [5.74, 6) is 0.143. The van der Waals surface area contributed by atoms with Gasteiger partial charge in [-0.1, -0.05) is 13.8 Å². The maximum atomic E-state index is 10.7. The Kier molecular flexibility index (Phi) is 4.10. The molecule has 0 aromatic carbocycles. The molecule has 54 valence electrons. The zero-order valence-electron chi connectivity index (χ0n) is 6.40. The predicted molar refractivity (Wildman–Crippen MR) is 38.2 cm³/mol. The fraction of sp³-hybridized carbons (Fsp3) is 0.857. The van der Waals surface area contributed by atoms with Gasteiger partial charge >= 0.3 is 0 Å². The molecule has 2 nitrogen and oxygen atoms in total. The molecule has 9 heavy (non-hydrogen) atoms. The van der Waals surface area contributed by atoms with E-state index in [0.29, 0.717) is 12.5 Å². The maximum absolute atomic E-state index is 10.7. The van der Waals surface area contributed by atoms with Crippen molar-refractivity contribution in [2.24, 2.45) is 0 Å². The second-order valence-electron chi connectivity index (χ2n) is 2.23. The van der Waals surface area contributed by atoms with Crippen molar-refractivity contribution >= 4 is 5.91 Å². The molecule has 0 aliphatic rings. The van der Waals surface area contributed by atoms with E-state index >= 15 is 0 Å². The predicted octanol–water partition coefficient (Wildman–Crippen LogP) is 1.31. The van der Waals surface area contributed by atoms with Crippen LogP contribution in [-0.2, 0) is 4.79 Å². The minimum atomic E-state index is 0.143. The van der Waals surface area contributed by atoms with Crippen LogP contribution in [0.1, 0.15) is 33.6 Å². The van der Waals surface area contributed by atoms with Gasteiger partial charge in [-0.15, -0.1) is 0 Å². The first-order valence-electron chi connectivity index (χ1n) is 3.50. The van der Waals surface area contributed by atoms with Gasteiger partial charge in [-0.05, 0) is 13.3 Å². The largest absolute Gasteiger partial charge is 0.354 e. The first kappa shape index (κ1) is 8.47. The van der Waals surface area contributed by atoms with Crippen LogP contribution < -0.4 is 5.32 Å². The SMILES string of the molecule is CCC(=O)NC(C)CC. The van der Waals surface area contributed by atoms with Crippen molar-refractivity contribution in [2.75, 3.05) is 0 Å². The minimum absolute atomic E-state index is 0.143. The summed E-state index contributed by atoms with van der Waals surface area (Å²) in [6.45, 7) is 5.92. The quantitative estimate of drug-likeness (QED) is 0.611. The second kappa shape index (κ2) is 4.36. The number of carbonyl (C=O) groups is 1. The maximum Gasteiger partial charge on any atom is 0.219 e. The van der Waals surface area contributed by atoms with Crippen molar-refractivity contribution in [2.45, 2.75) is 39.7 Å². The number of hydrogen-bond donors (Lipinski definition) is 1. The molecule has 0 aromatic heterocycles. The molecule has 0 saturated carbocycles. The van der Waals surface area contributed by atoms with E-state index in [4.69, 9.17) is 0 Å². The normalized spacial score (nSPS) is 12.8. The average molecular weight is 129 g/mol. The Labute approximate surface area is 56.6 Å². The van der Waals surface area contributed by atoms with Gasteiger partial charge < -0.3 is 5.32 Å². The summed E-state index contributed by atoms with van der Waals surface area (Å²) in [4.78, 5) is 10.7. The van der Waals surface area contributed by atoms with Gasteiger partial charge in [0.05, 0.1) is 0 Å². The molecule has 1 unspecified atom stereocenters. The number of nitrogens with one attached hydrogen (secondary N) is 1. The number of carbonyl (C=O) groups excluding carboxylic acids is 1. The van der Waals surface area contributed by atoms with Crippen LogP contribution in [0.4, 0.5) is 0 Å². The van der Waals surface area contributed by atoms with Crippen molar-refractivity contribution in [1.82, 2.24) is 5.32 Å². The third-order valence-electron chi connectivity index (χ3n) is 1.34. The zero-order valence-corrected chi connectivity index (χ0v) is 6.40. The molecular formula is C7H15NO. The molecule has 0 aromatic rings. The number of amides is 1. The topological polar surface area (TPSA) is 29.1 Å². The Bertz CT molecular complexity index is 90.9. The molecule has 0 heterocycles. The molecule has 0 aliphatic carbocycles. The zero-order chi connectivity index (χ0) is 7.28. The molecule has 2 heteroatoms. The molecule has 0 saturated heterocycles. The first-order chi connectivity index (χ1) is 4.20. The van der Waals surface area contributed by atoms with Crippen LogP contribution in [0.2, 0.25) is 0 Å². The van der Waals surface area contributed by atoms with E-state index in [1.54, 1.807) is 0 Å². The third-order valence-corrected chi connectivity index (χ3v) is 1.34. The van der Waals surface area contributed by atoms with Gasteiger partial charge in [0.25, 0.3) is 0 Å². The summed E-state index contributed by atoms with van der Waals surface area (Å²) in [6.07, 6.45) is 1.59. The molecule has 0 aliphatic heterocycles. The molecule has 0 radical (unpaired) electrons. The van der Waals surface area contributed by atoms with E-state index in [1.807, 2.05) is 13.8 Å². The average Bonchev–Trinajstić information content (AvgIpc) is 1.87. The molecule has 0 bridgehead atoms. The van der Waals surface area contributed by atoms with E-state index in [0.717, 1.165) is 6.42 Å². The van der Waals surface area contributed by atoms with Crippen molar-refractivity contribution in [1.29, 1.82) is 0 Å². The fourth-order valence-corrected chi connectivity index (χ4v) is 0.479. The highest BCUT2D eigenvalue weighted by atomic mass is 16.1. The van der Waals surface area contributed by atoms with Crippen LogP contribution in [0.5, 0.6) is 0 Å². The van der Waals surface area contributed by atoms with Gasteiger partial charge in [0.2, 0.25) is 5.91 Å². The van der Waals surface area contributed by atoms with Crippen LogP contribution in [0.3, 0.4) is 0 Å². The van der Waals surface area contributed by atoms with Gasteiger partial charge in [-0.2, -0.15) is 0 Å². The summed E-state index contributed by atoms with van der Waals surface area (Å²) in [5.41, 5.74) is 0. The van der Waals surface area contributed by atoms with Crippen molar-refractivity contribution in [3.05, 3.63) is 0 Å². The van der Waals surface area contributed by atoms with Gasteiger partial charge in [-0.3, -0.25) is 4.79 Å².